The highest BCUT2D eigenvalue weighted by atomic mass is 32.2. The molecule has 0 N–H and O–H groups in total. The molecule has 0 saturated carbocycles. The molecule has 0 aliphatic heterocycles. The Kier molecular flexibility index (Phi) is 5.78. The van der Waals surface area contributed by atoms with Gasteiger partial charge in [-0.2, -0.15) is 0 Å². The van der Waals surface area contributed by atoms with Crippen LogP contribution in [0.15, 0.2) is 105 Å². The summed E-state index contributed by atoms with van der Waals surface area (Å²) in [5.41, 5.74) is 0. The summed E-state index contributed by atoms with van der Waals surface area (Å²) in [4.78, 5) is 16.2. The number of thioether (sulfide) groups is 1. The number of hydrogen-bond donors (Lipinski definition) is 0. The van der Waals surface area contributed by atoms with Gasteiger partial charge in [-0.15, -0.1) is 11.8 Å². The molecule has 0 heterocycles. The van der Waals surface area contributed by atoms with Crippen molar-refractivity contribution in [1.29, 1.82) is 0 Å². The number of hydrogen-bond acceptors (Lipinski definition) is 2. The molecule has 0 radical (unpaired) electrons. The van der Waals surface area contributed by atoms with Crippen molar-refractivity contribution < 1.29 is 4.79 Å². The van der Waals surface area contributed by atoms with Crippen LogP contribution in [0.5, 0.6) is 0 Å². The average molecular weight is 352 g/mol. The number of rotatable bonds is 6. The van der Waals surface area contributed by atoms with Crippen LogP contribution >= 0.6 is 11.8 Å². The molecule has 1 nitrogen and oxygen atoms in total. The lowest BCUT2D eigenvalue weighted by atomic mass is 10.4. The summed E-state index contributed by atoms with van der Waals surface area (Å²) in [6.45, 7) is 1.63. The topological polar surface area (TPSA) is 17.1 Å². The van der Waals surface area contributed by atoms with Crippen LogP contribution in [0.3, 0.4) is 0 Å². The van der Waals surface area contributed by atoms with Gasteiger partial charge in [0.25, 0.3) is 0 Å². The molecule has 0 aliphatic rings. The quantitative estimate of drug-likeness (QED) is 0.433. The van der Waals surface area contributed by atoms with Crippen molar-refractivity contribution in [1.82, 2.24) is 0 Å². The van der Waals surface area contributed by atoms with Gasteiger partial charge < -0.3 is 0 Å². The molecule has 0 aliphatic carbocycles. The van der Waals surface area contributed by atoms with Gasteiger partial charge in [0.15, 0.2) is 14.7 Å². The number of Topliss-reactive ketones (excluding diaryl/α,β-unsaturated/α-hetero) is 1. The fourth-order valence-electron chi connectivity index (χ4n) is 2.38. The monoisotopic (exact) mass is 351 g/mol. The van der Waals surface area contributed by atoms with Gasteiger partial charge in [-0.3, -0.25) is 4.79 Å². The Morgan fingerprint density at radius 1 is 0.750 bits per heavy atom. The largest absolute Gasteiger partial charge is 0.299 e. The predicted octanol–water partition coefficient (Wildman–Crippen LogP) is 5.46. The smallest absolute Gasteiger partial charge is 0.166 e. The Hall–Kier alpha value is -1.97. The highest BCUT2D eigenvalue weighted by Gasteiger charge is 2.27. The van der Waals surface area contributed by atoms with Crippen molar-refractivity contribution in [3.8, 4) is 0 Å². The third kappa shape index (κ3) is 4.31. The predicted molar refractivity (Wildman–Crippen MR) is 103 cm³/mol. The van der Waals surface area contributed by atoms with Crippen molar-refractivity contribution in [3.63, 3.8) is 0 Å². The van der Waals surface area contributed by atoms with Crippen molar-refractivity contribution in [2.75, 3.05) is 5.75 Å². The van der Waals surface area contributed by atoms with E-state index in [1.807, 2.05) is 0 Å². The fraction of sp³-hybridized carbons (Fsp3) is 0.0952. The van der Waals surface area contributed by atoms with E-state index < -0.39 is 0 Å². The molecule has 0 aromatic heterocycles. The molecular weight excluding hydrogens is 332 g/mol. The second-order valence-corrected chi connectivity index (χ2v) is 8.47. The minimum absolute atomic E-state index is 0.112. The van der Waals surface area contributed by atoms with Crippen LogP contribution in [-0.4, -0.2) is 11.5 Å². The first-order chi connectivity index (χ1) is 11.7. The van der Waals surface area contributed by atoms with E-state index in [0.29, 0.717) is 5.75 Å². The molecule has 0 atom stereocenters. The van der Waals surface area contributed by atoms with Gasteiger partial charge in [0.2, 0.25) is 0 Å². The summed E-state index contributed by atoms with van der Waals surface area (Å²) < 4.78 is 0. The Labute approximate surface area is 150 Å². The molecule has 0 amide bonds. The zero-order chi connectivity index (χ0) is 16.8. The second kappa shape index (κ2) is 8.22. The SMILES string of the molecule is CC(=O)CSc1ccc([S+](c2ccccc2)c2ccccc2)cc1. The minimum atomic E-state index is -0.112. The highest BCUT2D eigenvalue weighted by molar-refractivity contribution is 8.00. The highest BCUT2D eigenvalue weighted by Crippen LogP contribution is 2.32. The zero-order valence-electron chi connectivity index (χ0n) is 13.5. The van der Waals surface area contributed by atoms with Gasteiger partial charge in [-0.1, -0.05) is 36.4 Å². The van der Waals surface area contributed by atoms with Crippen molar-refractivity contribution in [3.05, 3.63) is 84.9 Å². The van der Waals surface area contributed by atoms with E-state index in [4.69, 9.17) is 0 Å². The third-order valence-corrected chi connectivity index (χ3v) is 6.85. The summed E-state index contributed by atoms with van der Waals surface area (Å²) in [6.07, 6.45) is 0. The molecule has 3 rings (SSSR count). The van der Waals surface area contributed by atoms with E-state index >= 15 is 0 Å². The normalized spacial score (nSPS) is 10.8. The molecule has 3 heteroatoms. The Bertz CT molecular complexity index is 744. The molecule has 0 fully saturated rings. The van der Waals surface area contributed by atoms with E-state index in [1.165, 1.54) is 14.7 Å². The van der Waals surface area contributed by atoms with E-state index in [0.717, 1.165) is 4.90 Å². The summed E-state index contributed by atoms with van der Waals surface area (Å²) in [5.74, 6) is 0.736. The van der Waals surface area contributed by atoms with Crippen LogP contribution in [0.25, 0.3) is 0 Å². The summed E-state index contributed by atoms with van der Waals surface area (Å²) >= 11 is 1.59. The maximum absolute atomic E-state index is 11.1. The van der Waals surface area contributed by atoms with Crippen LogP contribution in [0, 0.1) is 0 Å². The maximum Gasteiger partial charge on any atom is 0.166 e. The van der Waals surface area contributed by atoms with Crippen molar-refractivity contribution >= 4 is 28.4 Å². The van der Waals surface area contributed by atoms with Gasteiger partial charge in [0.05, 0.1) is 16.6 Å². The molecule has 24 heavy (non-hydrogen) atoms. The average Bonchev–Trinajstić information content (AvgIpc) is 2.63. The molecule has 3 aromatic rings. The van der Waals surface area contributed by atoms with E-state index in [2.05, 4.69) is 84.9 Å². The summed E-state index contributed by atoms with van der Waals surface area (Å²) in [7, 11) is -0.112. The van der Waals surface area contributed by atoms with Gasteiger partial charge in [0.1, 0.15) is 5.78 Å². The van der Waals surface area contributed by atoms with Crippen molar-refractivity contribution in [2.45, 2.75) is 26.5 Å². The summed E-state index contributed by atoms with van der Waals surface area (Å²) in [6, 6.07) is 29.8. The van der Waals surface area contributed by atoms with Crippen LogP contribution in [0.4, 0.5) is 0 Å². The maximum atomic E-state index is 11.1. The molecule has 0 saturated heterocycles. The van der Waals surface area contributed by atoms with Crippen LogP contribution in [-0.2, 0) is 15.7 Å². The molecule has 0 spiro atoms. The van der Waals surface area contributed by atoms with Crippen LogP contribution < -0.4 is 0 Å². The lowest BCUT2D eigenvalue weighted by Gasteiger charge is -2.08. The lowest BCUT2D eigenvalue weighted by Crippen LogP contribution is -2.04. The third-order valence-electron chi connectivity index (χ3n) is 3.46. The fourth-order valence-corrected chi connectivity index (χ4v) is 5.16. The number of carbonyl (C=O) groups is 1. The van der Waals surface area contributed by atoms with Crippen molar-refractivity contribution in [2.24, 2.45) is 0 Å². The van der Waals surface area contributed by atoms with E-state index in [-0.39, 0.29) is 16.7 Å². The number of benzene rings is 3. The van der Waals surface area contributed by atoms with Crippen LogP contribution in [0.1, 0.15) is 6.92 Å². The zero-order valence-corrected chi connectivity index (χ0v) is 15.1. The first-order valence-electron chi connectivity index (χ1n) is 7.81. The van der Waals surface area contributed by atoms with Gasteiger partial charge in [-0.05, 0) is 55.5 Å². The standard InChI is InChI=1S/C21H19OS2/c1-17(22)16-23-18-12-14-21(15-13-18)24(19-8-4-2-5-9-19)20-10-6-3-7-11-20/h2-15H,16H2,1H3/q+1. The van der Waals surface area contributed by atoms with E-state index in [1.54, 1.807) is 18.7 Å². The van der Waals surface area contributed by atoms with Gasteiger partial charge in [-0.25, -0.2) is 0 Å². The molecule has 3 aromatic carbocycles. The van der Waals surface area contributed by atoms with Crippen LogP contribution in [0.2, 0.25) is 0 Å². The number of carbonyl (C=O) groups excluding carboxylic acids is 1. The first kappa shape index (κ1) is 16.9. The minimum Gasteiger partial charge on any atom is -0.299 e. The van der Waals surface area contributed by atoms with Gasteiger partial charge >= 0.3 is 0 Å². The molecule has 0 bridgehead atoms. The Balaban J connectivity index is 1.93. The number of ketones is 1. The summed E-state index contributed by atoms with van der Waals surface area (Å²) in [5, 5.41) is 0. The Morgan fingerprint density at radius 2 is 1.21 bits per heavy atom. The molecule has 120 valence electrons. The Morgan fingerprint density at radius 3 is 1.67 bits per heavy atom. The molecule has 0 unspecified atom stereocenters. The second-order valence-electron chi connectivity index (χ2n) is 5.39. The lowest BCUT2D eigenvalue weighted by molar-refractivity contribution is -0.114. The van der Waals surface area contributed by atoms with E-state index in [9.17, 15) is 4.79 Å². The molecular formula is C21H19OS2+. The first-order valence-corrected chi connectivity index (χ1v) is 10.0. The van der Waals surface area contributed by atoms with Gasteiger partial charge in [0, 0.05) is 4.90 Å².